The third-order valence-electron chi connectivity index (χ3n) is 5.33. The first-order valence-corrected chi connectivity index (χ1v) is 10.0. The Bertz CT molecular complexity index is 1170. The lowest BCUT2D eigenvalue weighted by molar-refractivity contribution is 0.0721. The maximum absolute atomic E-state index is 13.2. The second kappa shape index (κ2) is 8.51. The van der Waals surface area contributed by atoms with E-state index in [-0.39, 0.29) is 35.3 Å². The Morgan fingerprint density at radius 1 is 1.06 bits per heavy atom. The van der Waals surface area contributed by atoms with Crippen molar-refractivity contribution in [2.45, 2.75) is 19.5 Å². The van der Waals surface area contributed by atoms with Gasteiger partial charge in [0.2, 0.25) is 5.82 Å². The van der Waals surface area contributed by atoms with Crippen molar-refractivity contribution in [1.29, 1.82) is 0 Å². The van der Waals surface area contributed by atoms with Gasteiger partial charge in [-0.2, -0.15) is 0 Å². The number of benzene rings is 1. The Morgan fingerprint density at radius 3 is 2.45 bits per heavy atom. The first-order valence-electron chi connectivity index (χ1n) is 10.0. The Kier molecular flexibility index (Phi) is 5.62. The fraction of sp³-hybridized carbons (Fsp3) is 0.261. The standard InChI is InChI=1S/C23H23N5O3/c1-26(2)21(29)19-18-9-12-27(23(31)20-24-10-6-11-25-20)14-17(18)15-28(22(19)30)13-16-7-4-3-5-8-16/h3-8,10-11,15H,9,12-14H2,1-2H3. The first kappa shape index (κ1) is 20.5. The lowest BCUT2D eigenvalue weighted by Crippen LogP contribution is -2.41. The Morgan fingerprint density at radius 2 is 1.77 bits per heavy atom. The van der Waals surface area contributed by atoms with Gasteiger partial charge in [0.15, 0.2) is 0 Å². The third kappa shape index (κ3) is 4.09. The number of fused-ring (bicyclic) bond motifs is 1. The van der Waals surface area contributed by atoms with Crippen molar-refractivity contribution in [1.82, 2.24) is 24.3 Å². The van der Waals surface area contributed by atoms with E-state index in [1.807, 2.05) is 30.3 Å². The second-order valence-electron chi connectivity index (χ2n) is 7.68. The van der Waals surface area contributed by atoms with Crippen molar-refractivity contribution >= 4 is 11.8 Å². The number of rotatable bonds is 4. The molecule has 31 heavy (non-hydrogen) atoms. The van der Waals surface area contributed by atoms with Crippen LogP contribution in [0, 0.1) is 0 Å². The summed E-state index contributed by atoms with van der Waals surface area (Å²) in [6.07, 6.45) is 5.25. The quantitative estimate of drug-likeness (QED) is 0.643. The minimum Gasteiger partial charge on any atom is -0.345 e. The van der Waals surface area contributed by atoms with Crippen LogP contribution < -0.4 is 5.56 Å². The van der Waals surface area contributed by atoms with Crippen molar-refractivity contribution in [2.75, 3.05) is 20.6 Å². The zero-order valence-corrected chi connectivity index (χ0v) is 17.5. The van der Waals surface area contributed by atoms with Crippen LogP contribution >= 0.6 is 0 Å². The molecule has 0 saturated carbocycles. The fourth-order valence-electron chi connectivity index (χ4n) is 3.78. The lowest BCUT2D eigenvalue weighted by atomic mass is 9.95. The van der Waals surface area contributed by atoms with Gasteiger partial charge in [-0.1, -0.05) is 30.3 Å². The number of aromatic nitrogens is 3. The monoisotopic (exact) mass is 417 g/mol. The van der Waals surface area contributed by atoms with Gasteiger partial charge >= 0.3 is 0 Å². The maximum atomic E-state index is 13.2. The predicted molar refractivity (Wildman–Crippen MR) is 115 cm³/mol. The molecule has 0 aliphatic carbocycles. The van der Waals surface area contributed by atoms with Gasteiger partial charge in [-0.15, -0.1) is 0 Å². The van der Waals surface area contributed by atoms with Crippen molar-refractivity contribution in [3.63, 3.8) is 0 Å². The average Bonchev–Trinajstić information content (AvgIpc) is 2.79. The van der Waals surface area contributed by atoms with E-state index in [0.29, 0.717) is 25.1 Å². The Hall–Kier alpha value is -3.81. The summed E-state index contributed by atoms with van der Waals surface area (Å²) in [5.74, 6) is -0.462. The van der Waals surface area contributed by atoms with Gasteiger partial charge in [0.25, 0.3) is 17.4 Å². The van der Waals surface area contributed by atoms with Crippen molar-refractivity contribution in [2.24, 2.45) is 0 Å². The summed E-state index contributed by atoms with van der Waals surface area (Å²) in [7, 11) is 3.27. The van der Waals surface area contributed by atoms with Crippen molar-refractivity contribution in [3.8, 4) is 0 Å². The van der Waals surface area contributed by atoms with E-state index >= 15 is 0 Å². The van der Waals surface area contributed by atoms with Gasteiger partial charge in [0.05, 0.1) is 6.54 Å². The van der Waals surface area contributed by atoms with Crippen molar-refractivity contribution < 1.29 is 9.59 Å². The molecule has 0 spiro atoms. The number of hydrogen-bond acceptors (Lipinski definition) is 5. The molecule has 3 aromatic rings. The predicted octanol–water partition coefficient (Wildman–Crippen LogP) is 1.59. The highest BCUT2D eigenvalue weighted by Crippen LogP contribution is 2.23. The van der Waals surface area contributed by atoms with Gasteiger partial charge in [0, 0.05) is 45.8 Å². The lowest BCUT2D eigenvalue weighted by Gasteiger charge is -2.30. The molecule has 3 heterocycles. The molecule has 8 heteroatoms. The number of pyridine rings is 1. The number of carbonyl (C=O) groups is 2. The molecule has 4 rings (SSSR count). The normalized spacial score (nSPS) is 12.9. The summed E-state index contributed by atoms with van der Waals surface area (Å²) in [5, 5.41) is 0. The maximum Gasteiger partial charge on any atom is 0.291 e. The van der Waals surface area contributed by atoms with Crippen LogP contribution in [0.5, 0.6) is 0 Å². The molecule has 2 aromatic heterocycles. The highest BCUT2D eigenvalue weighted by Gasteiger charge is 2.29. The zero-order chi connectivity index (χ0) is 22.0. The molecule has 2 amide bonds. The van der Waals surface area contributed by atoms with Crippen LogP contribution in [0.2, 0.25) is 0 Å². The fourth-order valence-corrected chi connectivity index (χ4v) is 3.78. The summed E-state index contributed by atoms with van der Waals surface area (Å²) < 4.78 is 1.55. The SMILES string of the molecule is CN(C)C(=O)c1c2c(cn(Cc3ccccc3)c1=O)CN(C(=O)c1ncccn1)CC2. The van der Waals surface area contributed by atoms with Gasteiger partial charge < -0.3 is 14.4 Å². The summed E-state index contributed by atoms with van der Waals surface area (Å²) >= 11 is 0. The second-order valence-corrected chi connectivity index (χ2v) is 7.68. The topological polar surface area (TPSA) is 88.4 Å². The van der Waals surface area contributed by atoms with Gasteiger partial charge in [-0.3, -0.25) is 14.4 Å². The molecule has 0 unspecified atom stereocenters. The van der Waals surface area contributed by atoms with E-state index in [1.165, 1.54) is 17.3 Å². The Labute approximate surface area is 179 Å². The minimum absolute atomic E-state index is 0.133. The molecule has 0 N–H and O–H groups in total. The third-order valence-corrected chi connectivity index (χ3v) is 5.33. The van der Waals surface area contributed by atoms with Crippen LogP contribution in [0.1, 0.15) is 37.7 Å². The van der Waals surface area contributed by atoms with Crippen LogP contribution in [0.25, 0.3) is 0 Å². The van der Waals surface area contributed by atoms with E-state index in [2.05, 4.69) is 9.97 Å². The largest absolute Gasteiger partial charge is 0.345 e. The average molecular weight is 417 g/mol. The van der Waals surface area contributed by atoms with Crippen LogP contribution in [-0.4, -0.2) is 56.8 Å². The first-order chi connectivity index (χ1) is 15.0. The summed E-state index contributed by atoms with van der Waals surface area (Å²) in [5.41, 5.74) is 2.32. The number of nitrogens with zero attached hydrogens (tertiary/aromatic N) is 5. The molecule has 8 nitrogen and oxygen atoms in total. The van der Waals surface area contributed by atoms with E-state index in [9.17, 15) is 14.4 Å². The molecular formula is C23H23N5O3. The summed E-state index contributed by atoms with van der Waals surface area (Å²) in [6, 6.07) is 11.2. The smallest absolute Gasteiger partial charge is 0.291 e. The van der Waals surface area contributed by atoms with Gasteiger partial charge in [-0.25, -0.2) is 9.97 Å². The molecule has 0 bridgehead atoms. The summed E-state index contributed by atoms with van der Waals surface area (Å²) in [4.78, 5) is 50.1. The molecule has 1 aliphatic rings. The van der Waals surface area contributed by atoms with Crippen LogP contribution in [-0.2, 0) is 19.5 Å². The molecule has 0 fully saturated rings. The molecule has 1 aromatic carbocycles. The molecule has 158 valence electrons. The zero-order valence-electron chi connectivity index (χ0n) is 17.5. The highest BCUT2D eigenvalue weighted by atomic mass is 16.2. The molecule has 0 radical (unpaired) electrons. The van der Waals surface area contributed by atoms with Crippen molar-refractivity contribution in [3.05, 3.63) is 93.4 Å². The molecule has 1 aliphatic heterocycles. The number of carbonyl (C=O) groups excluding carboxylic acids is 2. The van der Waals surface area contributed by atoms with E-state index in [4.69, 9.17) is 0 Å². The Balaban J connectivity index is 1.75. The van der Waals surface area contributed by atoms with Crippen LogP contribution in [0.4, 0.5) is 0 Å². The molecule has 0 saturated heterocycles. The van der Waals surface area contributed by atoms with E-state index in [0.717, 1.165) is 11.1 Å². The molecule has 0 atom stereocenters. The van der Waals surface area contributed by atoms with Crippen LogP contribution in [0.15, 0.2) is 59.8 Å². The number of amides is 2. The van der Waals surface area contributed by atoms with E-state index < -0.39 is 0 Å². The van der Waals surface area contributed by atoms with Crippen LogP contribution in [0.3, 0.4) is 0 Å². The highest BCUT2D eigenvalue weighted by molar-refractivity contribution is 5.96. The molecular weight excluding hydrogens is 394 g/mol. The summed E-state index contributed by atoms with van der Waals surface area (Å²) in [6.45, 7) is 1.02. The van der Waals surface area contributed by atoms with Gasteiger partial charge in [0.1, 0.15) is 5.56 Å². The minimum atomic E-state index is -0.324. The van der Waals surface area contributed by atoms with E-state index in [1.54, 1.807) is 35.8 Å². The number of hydrogen-bond donors (Lipinski definition) is 0. The van der Waals surface area contributed by atoms with Gasteiger partial charge in [-0.05, 0) is 29.2 Å².